The molecule has 6 nitrogen and oxygen atoms in total. The van der Waals surface area contributed by atoms with Gasteiger partial charge >= 0.3 is 0 Å². The van der Waals surface area contributed by atoms with E-state index in [4.69, 9.17) is 15.2 Å². The predicted octanol–water partition coefficient (Wildman–Crippen LogP) is 2.22. The molecule has 0 aliphatic carbocycles. The number of hydrogen-bond donors (Lipinski definition) is 2. The van der Waals surface area contributed by atoms with E-state index in [-0.39, 0.29) is 42.6 Å². The van der Waals surface area contributed by atoms with Crippen LogP contribution in [0.15, 0.2) is 18.2 Å². The molecule has 7 heteroatoms. The van der Waals surface area contributed by atoms with Gasteiger partial charge in [0.15, 0.2) is 11.5 Å². The summed E-state index contributed by atoms with van der Waals surface area (Å²) in [6, 6.07) is 5.41. The molecule has 0 spiro atoms. The third kappa shape index (κ3) is 3.77. The van der Waals surface area contributed by atoms with Gasteiger partial charge in [0.05, 0.1) is 6.04 Å². The second-order valence-corrected chi connectivity index (χ2v) is 7.09. The molecule has 2 unspecified atom stereocenters. The van der Waals surface area contributed by atoms with Crippen LogP contribution in [0.2, 0.25) is 0 Å². The van der Waals surface area contributed by atoms with Gasteiger partial charge in [-0.05, 0) is 30.9 Å². The fraction of sp³-hybridized carbons (Fsp3) is 0.588. The molecule has 2 heterocycles. The number of benzene rings is 1. The zero-order valence-electron chi connectivity index (χ0n) is 14.4. The fourth-order valence-electron chi connectivity index (χ4n) is 3.13. The third-order valence-corrected chi connectivity index (χ3v) is 4.91. The summed E-state index contributed by atoms with van der Waals surface area (Å²) < 4.78 is 10.6. The van der Waals surface area contributed by atoms with Gasteiger partial charge in [-0.3, -0.25) is 9.69 Å². The number of likely N-dealkylation sites (tertiary alicyclic amines) is 1. The molecule has 2 atom stereocenters. The minimum Gasteiger partial charge on any atom is -0.454 e. The number of carbonyl (C=O) groups is 1. The number of piperidine rings is 1. The highest BCUT2D eigenvalue weighted by Crippen LogP contribution is 2.34. The SMILES string of the molecule is CC(C(=O)Nc1ccc2c(c1)OCO2)N1CCC(N)C(C)(C)C1.Cl. The monoisotopic (exact) mass is 355 g/mol. The number of nitrogens with one attached hydrogen (secondary N) is 1. The van der Waals surface area contributed by atoms with E-state index in [0.717, 1.165) is 25.2 Å². The van der Waals surface area contributed by atoms with Crippen LogP contribution in [0.1, 0.15) is 27.2 Å². The molecule has 3 N–H and O–H groups in total. The first-order chi connectivity index (χ1) is 10.9. The first-order valence-corrected chi connectivity index (χ1v) is 8.07. The number of rotatable bonds is 3. The highest BCUT2D eigenvalue weighted by molar-refractivity contribution is 5.94. The Labute approximate surface area is 149 Å². The Morgan fingerprint density at radius 2 is 2.08 bits per heavy atom. The molecular formula is C17H26ClN3O3. The van der Waals surface area contributed by atoms with Crippen molar-refractivity contribution < 1.29 is 14.3 Å². The van der Waals surface area contributed by atoms with Crippen molar-refractivity contribution in [3.05, 3.63) is 18.2 Å². The summed E-state index contributed by atoms with van der Waals surface area (Å²) in [5.74, 6) is 1.36. The Kier molecular flexibility index (Phi) is 5.63. The van der Waals surface area contributed by atoms with Gasteiger partial charge < -0.3 is 20.5 Å². The molecule has 1 fully saturated rings. The van der Waals surface area contributed by atoms with Crippen molar-refractivity contribution in [2.75, 3.05) is 25.2 Å². The number of amides is 1. The predicted molar refractivity (Wildman–Crippen MR) is 95.9 cm³/mol. The van der Waals surface area contributed by atoms with Crippen molar-refractivity contribution in [3.63, 3.8) is 0 Å². The van der Waals surface area contributed by atoms with E-state index in [9.17, 15) is 4.79 Å². The maximum Gasteiger partial charge on any atom is 0.241 e. The van der Waals surface area contributed by atoms with E-state index in [1.54, 1.807) is 6.07 Å². The molecule has 1 saturated heterocycles. The zero-order valence-corrected chi connectivity index (χ0v) is 15.2. The second kappa shape index (κ2) is 7.17. The topological polar surface area (TPSA) is 76.8 Å². The Balaban J connectivity index is 0.00000208. The zero-order chi connectivity index (χ0) is 16.6. The summed E-state index contributed by atoms with van der Waals surface area (Å²) in [6.07, 6.45) is 0.911. The van der Waals surface area contributed by atoms with Crippen molar-refractivity contribution in [1.82, 2.24) is 4.90 Å². The maximum atomic E-state index is 12.5. The molecule has 2 aliphatic rings. The number of halogens is 1. The van der Waals surface area contributed by atoms with Crippen molar-refractivity contribution in [1.29, 1.82) is 0 Å². The average Bonchev–Trinajstić information content (AvgIpc) is 2.96. The second-order valence-electron chi connectivity index (χ2n) is 7.09. The van der Waals surface area contributed by atoms with Crippen LogP contribution >= 0.6 is 12.4 Å². The van der Waals surface area contributed by atoms with Gasteiger partial charge in [0.2, 0.25) is 12.7 Å². The van der Waals surface area contributed by atoms with Gasteiger partial charge in [0.25, 0.3) is 0 Å². The quantitative estimate of drug-likeness (QED) is 0.869. The summed E-state index contributed by atoms with van der Waals surface area (Å²) in [4.78, 5) is 14.7. The Morgan fingerprint density at radius 3 is 2.79 bits per heavy atom. The van der Waals surface area contributed by atoms with Gasteiger partial charge in [-0.1, -0.05) is 13.8 Å². The van der Waals surface area contributed by atoms with Gasteiger partial charge in [0.1, 0.15) is 0 Å². The minimum atomic E-state index is -0.202. The lowest BCUT2D eigenvalue weighted by Gasteiger charge is -2.44. The molecule has 1 aromatic rings. The highest BCUT2D eigenvalue weighted by atomic mass is 35.5. The van der Waals surface area contributed by atoms with Crippen LogP contribution in [0.3, 0.4) is 0 Å². The van der Waals surface area contributed by atoms with E-state index in [1.807, 2.05) is 19.1 Å². The van der Waals surface area contributed by atoms with Crippen molar-refractivity contribution in [2.24, 2.45) is 11.1 Å². The first-order valence-electron chi connectivity index (χ1n) is 8.07. The van der Waals surface area contributed by atoms with Crippen LogP contribution < -0.4 is 20.5 Å². The van der Waals surface area contributed by atoms with Gasteiger partial charge in [-0.15, -0.1) is 12.4 Å². The van der Waals surface area contributed by atoms with Crippen LogP contribution in [-0.2, 0) is 4.79 Å². The first kappa shape index (κ1) is 18.8. The van der Waals surface area contributed by atoms with E-state index in [2.05, 4.69) is 24.1 Å². The Hall–Kier alpha value is -1.50. The summed E-state index contributed by atoms with van der Waals surface area (Å²) >= 11 is 0. The molecule has 134 valence electrons. The number of nitrogens with zero attached hydrogens (tertiary/aromatic N) is 1. The standard InChI is InChI=1S/C17H25N3O3.ClH/c1-11(20-7-6-15(18)17(2,3)9-20)16(21)19-12-4-5-13-14(8-12)23-10-22-13;/h4-5,8,11,15H,6-7,9-10,18H2,1-3H3,(H,19,21);1H. The van der Waals surface area contributed by atoms with Crippen molar-refractivity contribution in [2.45, 2.75) is 39.3 Å². The van der Waals surface area contributed by atoms with Crippen LogP contribution in [0.5, 0.6) is 11.5 Å². The van der Waals surface area contributed by atoms with Crippen molar-refractivity contribution >= 4 is 24.0 Å². The van der Waals surface area contributed by atoms with Crippen LogP contribution in [0.25, 0.3) is 0 Å². The largest absolute Gasteiger partial charge is 0.454 e. The molecular weight excluding hydrogens is 330 g/mol. The summed E-state index contributed by atoms with van der Waals surface area (Å²) in [5, 5.41) is 2.96. The normalized spacial score (nSPS) is 23.2. The number of ether oxygens (including phenoxy) is 2. The lowest BCUT2D eigenvalue weighted by Crippen LogP contribution is -2.56. The van der Waals surface area contributed by atoms with Gasteiger partial charge in [-0.2, -0.15) is 0 Å². The van der Waals surface area contributed by atoms with E-state index >= 15 is 0 Å². The van der Waals surface area contributed by atoms with E-state index in [0.29, 0.717) is 11.5 Å². The number of nitrogens with two attached hydrogens (primary N) is 1. The van der Waals surface area contributed by atoms with Crippen molar-refractivity contribution in [3.8, 4) is 11.5 Å². The molecule has 24 heavy (non-hydrogen) atoms. The number of fused-ring (bicyclic) bond motifs is 1. The molecule has 2 aliphatic heterocycles. The summed E-state index contributed by atoms with van der Waals surface area (Å²) in [7, 11) is 0. The van der Waals surface area contributed by atoms with Crippen LogP contribution in [-0.4, -0.2) is 42.8 Å². The molecule has 0 saturated carbocycles. The number of anilines is 1. The molecule has 0 aromatic heterocycles. The van der Waals surface area contributed by atoms with Crippen LogP contribution in [0.4, 0.5) is 5.69 Å². The molecule has 0 bridgehead atoms. The lowest BCUT2D eigenvalue weighted by atomic mass is 9.79. The molecule has 3 rings (SSSR count). The van der Waals surface area contributed by atoms with Gasteiger partial charge in [0, 0.05) is 30.9 Å². The van der Waals surface area contributed by atoms with E-state index < -0.39 is 0 Å². The highest BCUT2D eigenvalue weighted by Gasteiger charge is 2.36. The van der Waals surface area contributed by atoms with Gasteiger partial charge in [-0.25, -0.2) is 0 Å². The number of hydrogen-bond acceptors (Lipinski definition) is 5. The third-order valence-electron chi connectivity index (χ3n) is 4.91. The fourth-order valence-corrected chi connectivity index (χ4v) is 3.13. The summed E-state index contributed by atoms with van der Waals surface area (Å²) in [6.45, 7) is 8.16. The van der Waals surface area contributed by atoms with E-state index in [1.165, 1.54) is 0 Å². The molecule has 1 amide bonds. The van der Waals surface area contributed by atoms with Crippen LogP contribution in [0, 0.1) is 5.41 Å². The summed E-state index contributed by atoms with van der Waals surface area (Å²) in [5.41, 5.74) is 6.91. The Morgan fingerprint density at radius 1 is 1.38 bits per heavy atom. The molecule has 0 radical (unpaired) electrons. The average molecular weight is 356 g/mol. The lowest BCUT2D eigenvalue weighted by molar-refractivity contribution is -0.122. The maximum absolute atomic E-state index is 12.5. The Bertz CT molecular complexity index is 609. The smallest absolute Gasteiger partial charge is 0.241 e. The molecule has 1 aromatic carbocycles. The minimum absolute atomic E-state index is 0. The number of carbonyl (C=O) groups excluding carboxylic acids is 1.